The monoisotopic (exact) mass is 312 g/mol. The molecule has 3 aromatic heterocycles. The van der Waals surface area contributed by atoms with Crippen molar-refractivity contribution in [2.75, 3.05) is 30.3 Å². The van der Waals surface area contributed by atoms with Gasteiger partial charge in [0.1, 0.15) is 11.9 Å². The smallest absolute Gasteiger partial charge is 0.224 e. The third-order valence-electron chi connectivity index (χ3n) is 3.74. The van der Waals surface area contributed by atoms with Gasteiger partial charge in [0.05, 0.1) is 12.8 Å². The summed E-state index contributed by atoms with van der Waals surface area (Å²) in [7, 11) is 0. The molecule has 4 heterocycles. The summed E-state index contributed by atoms with van der Waals surface area (Å²) in [5, 5.41) is 11.0. The second-order valence-electron chi connectivity index (χ2n) is 5.23. The first kappa shape index (κ1) is 13.7. The number of morpholine rings is 1. The summed E-state index contributed by atoms with van der Waals surface area (Å²) < 4.78 is 7.48. The fourth-order valence-electron chi connectivity index (χ4n) is 2.62. The minimum atomic E-state index is -0.0492. The number of hydrogen-bond donors (Lipinski definition) is 2. The third kappa shape index (κ3) is 2.73. The molecule has 9 heteroatoms. The van der Waals surface area contributed by atoms with Crippen LogP contribution in [0.15, 0.2) is 36.9 Å². The Morgan fingerprint density at radius 2 is 2.22 bits per heavy atom. The summed E-state index contributed by atoms with van der Waals surface area (Å²) in [6.45, 7) is 2.02. The number of hydrogen-bond acceptors (Lipinski definition) is 7. The Morgan fingerprint density at radius 1 is 1.30 bits per heavy atom. The van der Waals surface area contributed by atoms with Crippen LogP contribution in [0.1, 0.15) is 11.7 Å². The molecule has 1 unspecified atom stereocenters. The fourth-order valence-corrected chi connectivity index (χ4v) is 2.62. The lowest BCUT2D eigenvalue weighted by Crippen LogP contribution is -2.39. The van der Waals surface area contributed by atoms with Crippen LogP contribution in [0.3, 0.4) is 0 Å². The molecule has 1 saturated heterocycles. The number of ether oxygens (including phenoxy) is 1. The van der Waals surface area contributed by atoms with Crippen molar-refractivity contribution < 1.29 is 4.74 Å². The normalized spacial score (nSPS) is 18.3. The molecule has 0 amide bonds. The maximum absolute atomic E-state index is 5.87. The first-order valence-electron chi connectivity index (χ1n) is 7.29. The van der Waals surface area contributed by atoms with Crippen molar-refractivity contribution in [3.8, 4) is 5.82 Å². The van der Waals surface area contributed by atoms with Crippen LogP contribution < -0.4 is 10.6 Å². The van der Waals surface area contributed by atoms with Gasteiger partial charge in [0.15, 0.2) is 5.82 Å². The van der Waals surface area contributed by atoms with E-state index in [0.29, 0.717) is 19.0 Å². The molecule has 0 saturated carbocycles. The van der Waals surface area contributed by atoms with E-state index in [1.54, 1.807) is 17.1 Å². The predicted octanol–water partition coefficient (Wildman–Crippen LogP) is 0.545. The van der Waals surface area contributed by atoms with Gasteiger partial charge in [0, 0.05) is 43.3 Å². The van der Waals surface area contributed by atoms with Gasteiger partial charge in [0.25, 0.3) is 0 Å². The Kier molecular flexibility index (Phi) is 3.39. The summed E-state index contributed by atoms with van der Waals surface area (Å²) in [4.78, 5) is 10.7. The maximum Gasteiger partial charge on any atom is 0.224 e. The van der Waals surface area contributed by atoms with Gasteiger partial charge in [-0.15, -0.1) is 0 Å². The zero-order chi connectivity index (χ0) is 15.6. The molecule has 0 aromatic carbocycles. The van der Waals surface area contributed by atoms with Gasteiger partial charge in [-0.25, -0.2) is 4.68 Å². The molecule has 23 heavy (non-hydrogen) atoms. The Labute approximate surface area is 132 Å². The average Bonchev–Trinajstić information content (AvgIpc) is 3.28. The highest BCUT2D eigenvalue weighted by Crippen LogP contribution is 2.25. The molecule has 3 N–H and O–H groups in total. The van der Waals surface area contributed by atoms with E-state index in [-0.39, 0.29) is 12.1 Å². The van der Waals surface area contributed by atoms with E-state index in [1.165, 1.54) is 0 Å². The van der Waals surface area contributed by atoms with Crippen molar-refractivity contribution in [2.24, 2.45) is 0 Å². The number of nitrogens with one attached hydrogen (secondary N) is 1. The number of nitrogen functional groups attached to an aromatic ring is 1. The summed E-state index contributed by atoms with van der Waals surface area (Å²) in [6, 6.07) is 3.71. The lowest BCUT2D eigenvalue weighted by Gasteiger charge is -2.33. The Hall–Kier alpha value is -2.94. The van der Waals surface area contributed by atoms with E-state index in [9.17, 15) is 0 Å². The van der Waals surface area contributed by atoms with Gasteiger partial charge < -0.3 is 15.4 Å². The minimum Gasteiger partial charge on any atom is -0.370 e. The molecule has 1 aliphatic heterocycles. The molecule has 0 radical (unpaired) electrons. The lowest BCUT2D eigenvalue weighted by atomic mass is 10.1. The van der Waals surface area contributed by atoms with Gasteiger partial charge in [0.2, 0.25) is 5.95 Å². The standard InChI is InChI=1S/C14H16N8O/c15-14-19-12(6-13(20-14)22-3-1-2-18-22)21-4-5-23-11(9-21)10-7-16-17-8-10/h1-3,6-8,11H,4-5,9H2,(H,16,17)(H2,15,19,20). The van der Waals surface area contributed by atoms with Gasteiger partial charge in [-0.1, -0.05) is 0 Å². The molecule has 1 atom stereocenters. The highest BCUT2D eigenvalue weighted by molar-refractivity contribution is 5.48. The minimum absolute atomic E-state index is 0.0492. The molecule has 118 valence electrons. The van der Waals surface area contributed by atoms with Gasteiger partial charge in [-0.3, -0.25) is 5.10 Å². The van der Waals surface area contributed by atoms with Gasteiger partial charge in [-0.05, 0) is 6.07 Å². The number of nitrogens with two attached hydrogens (primary N) is 1. The van der Waals surface area contributed by atoms with Gasteiger partial charge >= 0.3 is 0 Å². The fraction of sp³-hybridized carbons (Fsp3) is 0.286. The lowest BCUT2D eigenvalue weighted by molar-refractivity contribution is 0.0395. The summed E-state index contributed by atoms with van der Waals surface area (Å²) >= 11 is 0. The molecule has 3 aromatic rings. The van der Waals surface area contributed by atoms with E-state index in [0.717, 1.165) is 17.9 Å². The van der Waals surface area contributed by atoms with Crippen LogP contribution in [-0.2, 0) is 4.74 Å². The van der Waals surface area contributed by atoms with Crippen LogP contribution in [0.4, 0.5) is 11.8 Å². The molecular weight excluding hydrogens is 296 g/mol. The topological polar surface area (TPSA) is 111 Å². The van der Waals surface area contributed by atoms with Crippen molar-refractivity contribution >= 4 is 11.8 Å². The van der Waals surface area contributed by atoms with Crippen LogP contribution in [0.25, 0.3) is 5.82 Å². The number of aromatic nitrogens is 6. The number of rotatable bonds is 3. The van der Waals surface area contributed by atoms with Crippen molar-refractivity contribution in [3.05, 3.63) is 42.5 Å². The van der Waals surface area contributed by atoms with Crippen LogP contribution in [-0.4, -0.2) is 49.6 Å². The van der Waals surface area contributed by atoms with E-state index < -0.39 is 0 Å². The van der Waals surface area contributed by atoms with Crippen LogP contribution >= 0.6 is 0 Å². The largest absolute Gasteiger partial charge is 0.370 e. The molecule has 9 nitrogen and oxygen atoms in total. The number of aromatic amines is 1. The maximum atomic E-state index is 5.87. The van der Waals surface area contributed by atoms with E-state index >= 15 is 0 Å². The van der Waals surface area contributed by atoms with E-state index in [2.05, 4.69) is 30.2 Å². The zero-order valence-electron chi connectivity index (χ0n) is 12.3. The molecule has 0 bridgehead atoms. The number of H-pyrrole nitrogens is 1. The Bertz CT molecular complexity index is 770. The molecule has 1 fully saturated rings. The van der Waals surface area contributed by atoms with E-state index in [4.69, 9.17) is 10.5 Å². The number of nitrogens with zero attached hydrogens (tertiary/aromatic N) is 6. The van der Waals surface area contributed by atoms with Crippen molar-refractivity contribution in [2.45, 2.75) is 6.10 Å². The first-order chi connectivity index (χ1) is 11.3. The van der Waals surface area contributed by atoms with Crippen molar-refractivity contribution in [3.63, 3.8) is 0 Å². The summed E-state index contributed by atoms with van der Waals surface area (Å²) in [5.41, 5.74) is 6.88. The van der Waals surface area contributed by atoms with Crippen LogP contribution in [0.5, 0.6) is 0 Å². The number of anilines is 2. The van der Waals surface area contributed by atoms with E-state index in [1.807, 2.05) is 24.5 Å². The second kappa shape index (κ2) is 5.69. The molecule has 0 aliphatic carbocycles. The molecular formula is C14H16N8O. The quantitative estimate of drug-likeness (QED) is 0.726. The Balaban J connectivity index is 1.62. The zero-order valence-corrected chi connectivity index (χ0v) is 12.3. The van der Waals surface area contributed by atoms with Crippen LogP contribution in [0.2, 0.25) is 0 Å². The highest BCUT2D eigenvalue weighted by Gasteiger charge is 2.24. The summed E-state index contributed by atoms with van der Waals surface area (Å²) in [5.74, 6) is 1.63. The molecule has 4 rings (SSSR count). The second-order valence-corrected chi connectivity index (χ2v) is 5.23. The van der Waals surface area contributed by atoms with Crippen LogP contribution in [0, 0.1) is 0 Å². The van der Waals surface area contributed by atoms with Crippen molar-refractivity contribution in [1.29, 1.82) is 0 Å². The van der Waals surface area contributed by atoms with Gasteiger partial charge in [-0.2, -0.15) is 20.2 Å². The summed E-state index contributed by atoms with van der Waals surface area (Å²) in [6.07, 6.45) is 7.09. The first-order valence-corrected chi connectivity index (χ1v) is 7.29. The Morgan fingerprint density at radius 3 is 3.00 bits per heavy atom. The highest BCUT2D eigenvalue weighted by atomic mass is 16.5. The van der Waals surface area contributed by atoms with Crippen molar-refractivity contribution in [1.82, 2.24) is 29.9 Å². The third-order valence-corrected chi connectivity index (χ3v) is 3.74. The predicted molar refractivity (Wildman–Crippen MR) is 83.1 cm³/mol. The molecule has 1 aliphatic rings. The molecule has 0 spiro atoms. The average molecular weight is 312 g/mol. The SMILES string of the molecule is Nc1nc(N2CCOC(c3cn[nH]c3)C2)cc(-n2cccn2)n1.